The average Bonchev–Trinajstić information content (AvgIpc) is 2.51. The minimum absolute atomic E-state index is 0.721. The number of hydrogen-bond donors (Lipinski definition) is 1. The first kappa shape index (κ1) is 9.19. The molecule has 1 aromatic carbocycles. The molecule has 0 amide bonds. The summed E-state index contributed by atoms with van der Waals surface area (Å²) < 4.78 is 2.50. The number of fused-ring (bicyclic) bond motifs is 1. The van der Waals surface area contributed by atoms with Gasteiger partial charge in [-0.3, -0.25) is 0 Å². The Labute approximate surface area is 89.7 Å². The number of nitrogens with two attached hydrogens (primary N) is 1. The summed E-state index contributed by atoms with van der Waals surface area (Å²) in [6.45, 7) is 0.721. The Hall–Kier alpha value is -0.380. The fourth-order valence-electron chi connectivity index (χ4n) is 1.42. The van der Waals surface area contributed by atoms with Crippen LogP contribution in [0.2, 0.25) is 0 Å². The fourth-order valence-corrected chi connectivity index (χ4v) is 3.08. The van der Waals surface area contributed by atoms with Crippen molar-refractivity contribution in [2.45, 2.75) is 6.42 Å². The Morgan fingerprint density at radius 2 is 2.23 bits per heavy atom. The van der Waals surface area contributed by atoms with Gasteiger partial charge in [-0.25, -0.2) is 0 Å². The van der Waals surface area contributed by atoms with E-state index >= 15 is 0 Å². The van der Waals surface area contributed by atoms with Crippen molar-refractivity contribution in [3.63, 3.8) is 0 Å². The van der Waals surface area contributed by atoms with Crippen LogP contribution in [-0.4, -0.2) is 6.54 Å². The van der Waals surface area contributed by atoms with Gasteiger partial charge in [-0.2, -0.15) is 0 Å². The monoisotopic (exact) mass is 255 g/mol. The Bertz CT molecular complexity index is 422. The zero-order valence-electron chi connectivity index (χ0n) is 7.09. The van der Waals surface area contributed by atoms with Gasteiger partial charge in [0.2, 0.25) is 0 Å². The van der Waals surface area contributed by atoms with Gasteiger partial charge in [-0.05, 0) is 51.3 Å². The second kappa shape index (κ2) is 3.78. The topological polar surface area (TPSA) is 26.0 Å². The zero-order valence-corrected chi connectivity index (χ0v) is 9.49. The van der Waals surface area contributed by atoms with Gasteiger partial charge < -0.3 is 5.73 Å². The van der Waals surface area contributed by atoms with E-state index in [-0.39, 0.29) is 0 Å². The summed E-state index contributed by atoms with van der Waals surface area (Å²) >= 11 is 5.32. The standard InChI is InChI=1S/C10H10BrNS/c11-9-3-1-2-8-7(4-5-12)6-13-10(8)9/h1-3,6H,4-5,12H2. The highest BCUT2D eigenvalue weighted by molar-refractivity contribution is 9.10. The minimum atomic E-state index is 0.721. The second-order valence-electron chi connectivity index (χ2n) is 2.92. The summed E-state index contributed by atoms with van der Waals surface area (Å²) in [5.41, 5.74) is 6.91. The predicted molar refractivity (Wildman–Crippen MR) is 62.3 cm³/mol. The van der Waals surface area contributed by atoms with Gasteiger partial charge >= 0.3 is 0 Å². The summed E-state index contributed by atoms with van der Waals surface area (Å²) in [6, 6.07) is 6.30. The Balaban J connectivity index is 2.61. The molecule has 0 aliphatic carbocycles. The lowest BCUT2D eigenvalue weighted by Gasteiger charge is -1.96. The minimum Gasteiger partial charge on any atom is -0.330 e. The molecule has 0 bridgehead atoms. The van der Waals surface area contributed by atoms with E-state index < -0.39 is 0 Å². The molecule has 1 nitrogen and oxygen atoms in total. The van der Waals surface area contributed by atoms with E-state index in [1.54, 1.807) is 11.3 Å². The Morgan fingerprint density at radius 3 is 3.00 bits per heavy atom. The van der Waals surface area contributed by atoms with Crippen molar-refractivity contribution < 1.29 is 0 Å². The predicted octanol–water partition coefficient (Wildman–Crippen LogP) is 3.17. The van der Waals surface area contributed by atoms with Crippen molar-refractivity contribution in [3.05, 3.63) is 33.6 Å². The van der Waals surface area contributed by atoms with Gasteiger partial charge in [0, 0.05) is 9.17 Å². The second-order valence-corrected chi connectivity index (χ2v) is 4.65. The van der Waals surface area contributed by atoms with Gasteiger partial charge in [0.15, 0.2) is 0 Å². The van der Waals surface area contributed by atoms with Crippen LogP contribution in [0.1, 0.15) is 5.56 Å². The van der Waals surface area contributed by atoms with Crippen LogP contribution in [0.3, 0.4) is 0 Å². The Morgan fingerprint density at radius 1 is 1.38 bits per heavy atom. The van der Waals surface area contributed by atoms with Crippen molar-refractivity contribution in [2.24, 2.45) is 5.73 Å². The maximum atomic E-state index is 5.54. The molecule has 0 aliphatic rings. The lowest BCUT2D eigenvalue weighted by atomic mass is 10.1. The van der Waals surface area contributed by atoms with Crippen LogP contribution in [0.15, 0.2) is 28.1 Å². The maximum Gasteiger partial charge on any atom is 0.0487 e. The molecule has 0 radical (unpaired) electrons. The molecule has 0 atom stereocenters. The third-order valence-corrected chi connectivity index (χ3v) is 4.05. The van der Waals surface area contributed by atoms with Crippen LogP contribution < -0.4 is 5.73 Å². The molecule has 0 aliphatic heterocycles. The molecule has 0 saturated heterocycles. The number of rotatable bonds is 2. The van der Waals surface area contributed by atoms with E-state index in [0.29, 0.717) is 0 Å². The van der Waals surface area contributed by atoms with Crippen molar-refractivity contribution in [3.8, 4) is 0 Å². The van der Waals surface area contributed by atoms with Crippen LogP contribution in [-0.2, 0) is 6.42 Å². The van der Waals surface area contributed by atoms with E-state index in [2.05, 4.69) is 39.5 Å². The summed E-state index contributed by atoms with van der Waals surface area (Å²) in [7, 11) is 0. The molecule has 1 heterocycles. The lowest BCUT2D eigenvalue weighted by molar-refractivity contribution is 0.981. The molecule has 3 heteroatoms. The number of halogens is 1. The smallest absolute Gasteiger partial charge is 0.0487 e. The van der Waals surface area contributed by atoms with E-state index in [0.717, 1.165) is 13.0 Å². The molecule has 0 fully saturated rings. The van der Waals surface area contributed by atoms with E-state index in [1.807, 2.05) is 0 Å². The van der Waals surface area contributed by atoms with Crippen LogP contribution in [0, 0.1) is 0 Å². The maximum absolute atomic E-state index is 5.54. The van der Waals surface area contributed by atoms with Crippen LogP contribution in [0.4, 0.5) is 0 Å². The van der Waals surface area contributed by atoms with Crippen LogP contribution >= 0.6 is 27.3 Å². The first-order valence-corrected chi connectivity index (χ1v) is 5.85. The molecule has 1 aromatic heterocycles. The van der Waals surface area contributed by atoms with Gasteiger partial charge in [0.1, 0.15) is 0 Å². The fraction of sp³-hybridized carbons (Fsp3) is 0.200. The zero-order chi connectivity index (χ0) is 9.26. The van der Waals surface area contributed by atoms with E-state index in [9.17, 15) is 0 Å². The van der Waals surface area contributed by atoms with Crippen LogP contribution in [0.5, 0.6) is 0 Å². The van der Waals surface area contributed by atoms with E-state index in [4.69, 9.17) is 5.73 Å². The molecule has 0 unspecified atom stereocenters. The molecule has 13 heavy (non-hydrogen) atoms. The quantitative estimate of drug-likeness (QED) is 0.877. The molecule has 0 saturated carbocycles. The molecular formula is C10H10BrNS. The molecule has 2 N–H and O–H groups in total. The number of hydrogen-bond acceptors (Lipinski definition) is 2. The Kier molecular flexibility index (Phi) is 2.67. The summed E-state index contributed by atoms with van der Waals surface area (Å²) in [6.07, 6.45) is 0.969. The highest BCUT2D eigenvalue weighted by atomic mass is 79.9. The highest BCUT2D eigenvalue weighted by Crippen LogP contribution is 2.32. The molecular weight excluding hydrogens is 246 g/mol. The lowest BCUT2D eigenvalue weighted by Crippen LogP contribution is -2.01. The molecule has 2 rings (SSSR count). The highest BCUT2D eigenvalue weighted by Gasteiger charge is 2.04. The SMILES string of the molecule is NCCc1csc2c(Br)cccc12. The first-order valence-electron chi connectivity index (χ1n) is 4.17. The number of benzene rings is 1. The van der Waals surface area contributed by atoms with Crippen molar-refractivity contribution in [1.29, 1.82) is 0 Å². The van der Waals surface area contributed by atoms with Crippen molar-refractivity contribution >= 4 is 37.4 Å². The van der Waals surface area contributed by atoms with Gasteiger partial charge in [-0.1, -0.05) is 12.1 Å². The third kappa shape index (κ3) is 1.64. The summed E-state index contributed by atoms with van der Waals surface area (Å²) in [5.74, 6) is 0. The first-order chi connectivity index (χ1) is 6.33. The summed E-state index contributed by atoms with van der Waals surface area (Å²) in [4.78, 5) is 0. The van der Waals surface area contributed by atoms with E-state index in [1.165, 1.54) is 20.1 Å². The summed E-state index contributed by atoms with van der Waals surface area (Å²) in [5, 5.41) is 3.53. The molecule has 0 spiro atoms. The van der Waals surface area contributed by atoms with Crippen LogP contribution in [0.25, 0.3) is 10.1 Å². The molecule has 68 valence electrons. The number of thiophene rings is 1. The molecule has 2 aromatic rings. The van der Waals surface area contributed by atoms with Gasteiger partial charge in [0.05, 0.1) is 0 Å². The largest absolute Gasteiger partial charge is 0.330 e. The van der Waals surface area contributed by atoms with Gasteiger partial charge in [0.25, 0.3) is 0 Å². The average molecular weight is 256 g/mol. The normalized spacial score (nSPS) is 10.9. The third-order valence-electron chi connectivity index (χ3n) is 2.05. The van der Waals surface area contributed by atoms with Crippen molar-refractivity contribution in [2.75, 3.05) is 6.54 Å². The van der Waals surface area contributed by atoms with Crippen molar-refractivity contribution in [1.82, 2.24) is 0 Å². The van der Waals surface area contributed by atoms with Gasteiger partial charge in [-0.15, -0.1) is 11.3 Å².